The molecule has 0 saturated carbocycles. The first-order valence-corrected chi connectivity index (χ1v) is 7.31. The Hall–Kier alpha value is -2.62. The lowest BCUT2D eigenvalue weighted by Gasteiger charge is -2.21. The normalized spacial score (nSPS) is 11.6. The number of imidazole rings is 1. The van der Waals surface area contributed by atoms with E-state index in [1.54, 1.807) is 0 Å². The summed E-state index contributed by atoms with van der Waals surface area (Å²) in [6, 6.07) is 15.4. The number of carbonyl (C=O) groups is 1. The van der Waals surface area contributed by atoms with Crippen LogP contribution in [-0.2, 0) is 0 Å². The van der Waals surface area contributed by atoms with Gasteiger partial charge >= 0.3 is 0 Å². The van der Waals surface area contributed by atoms with Crippen LogP contribution in [0.3, 0.4) is 0 Å². The van der Waals surface area contributed by atoms with E-state index >= 15 is 0 Å². The lowest BCUT2D eigenvalue weighted by atomic mass is 10.0. The van der Waals surface area contributed by atoms with E-state index in [2.05, 4.69) is 15.3 Å². The molecule has 0 aliphatic heterocycles. The molecule has 2 N–H and O–H groups in total. The van der Waals surface area contributed by atoms with E-state index < -0.39 is 0 Å². The summed E-state index contributed by atoms with van der Waals surface area (Å²) in [7, 11) is 0. The summed E-state index contributed by atoms with van der Waals surface area (Å²) >= 11 is 0. The highest BCUT2D eigenvalue weighted by Gasteiger charge is 2.19. The summed E-state index contributed by atoms with van der Waals surface area (Å²) in [5.74, 6) is 0.615. The lowest BCUT2D eigenvalue weighted by Crippen LogP contribution is -2.40. The number of rotatable bonds is 2. The van der Waals surface area contributed by atoms with Crippen molar-refractivity contribution < 1.29 is 4.79 Å². The molecular formula is C18H19N3O. The smallest absolute Gasteiger partial charge is 0.252 e. The summed E-state index contributed by atoms with van der Waals surface area (Å²) in [5.41, 5.74) is 3.00. The first-order valence-electron chi connectivity index (χ1n) is 7.31. The molecule has 0 spiro atoms. The van der Waals surface area contributed by atoms with Gasteiger partial charge in [-0.2, -0.15) is 0 Å². The summed E-state index contributed by atoms with van der Waals surface area (Å²) in [6.45, 7) is 5.90. The maximum atomic E-state index is 12.5. The van der Waals surface area contributed by atoms with Gasteiger partial charge in [-0.05, 0) is 39.0 Å². The van der Waals surface area contributed by atoms with Gasteiger partial charge in [0.25, 0.3) is 5.91 Å². The first kappa shape index (κ1) is 14.3. The van der Waals surface area contributed by atoms with Gasteiger partial charge in [0.05, 0.1) is 16.6 Å². The van der Waals surface area contributed by atoms with Crippen molar-refractivity contribution >= 4 is 16.9 Å². The number of para-hydroxylation sites is 2. The number of nitrogens with zero attached hydrogens (tertiary/aromatic N) is 1. The highest BCUT2D eigenvalue weighted by atomic mass is 16.1. The van der Waals surface area contributed by atoms with Crippen molar-refractivity contribution in [3.05, 3.63) is 54.1 Å². The van der Waals surface area contributed by atoms with Crippen LogP contribution in [0.1, 0.15) is 31.1 Å². The predicted octanol–water partition coefficient (Wildman–Crippen LogP) is 3.76. The molecule has 0 aliphatic rings. The molecule has 112 valence electrons. The Kier molecular flexibility index (Phi) is 3.45. The van der Waals surface area contributed by atoms with Gasteiger partial charge in [-0.15, -0.1) is 0 Å². The average molecular weight is 293 g/mol. The number of carbonyl (C=O) groups excluding carboxylic acids is 1. The second-order valence-electron chi connectivity index (χ2n) is 6.35. The van der Waals surface area contributed by atoms with Gasteiger partial charge < -0.3 is 10.3 Å². The molecule has 2 aromatic carbocycles. The molecule has 0 saturated heterocycles. The molecule has 22 heavy (non-hydrogen) atoms. The third kappa shape index (κ3) is 2.86. The molecule has 0 atom stereocenters. The van der Waals surface area contributed by atoms with Crippen LogP contribution in [0.15, 0.2) is 48.5 Å². The molecule has 3 aromatic rings. The topological polar surface area (TPSA) is 57.8 Å². The van der Waals surface area contributed by atoms with Gasteiger partial charge in [0, 0.05) is 11.1 Å². The summed E-state index contributed by atoms with van der Waals surface area (Å²) < 4.78 is 0. The minimum Gasteiger partial charge on any atom is -0.347 e. The van der Waals surface area contributed by atoms with E-state index in [-0.39, 0.29) is 11.4 Å². The Morgan fingerprint density at radius 3 is 2.45 bits per heavy atom. The Labute approximate surface area is 129 Å². The Morgan fingerprint density at radius 2 is 1.73 bits per heavy atom. The Bertz CT molecular complexity index is 794. The van der Waals surface area contributed by atoms with E-state index in [9.17, 15) is 4.79 Å². The van der Waals surface area contributed by atoms with Gasteiger partial charge in [0.1, 0.15) is 5.82 Å². The molecule has 1 aromatic heterocycles. The quantitative estimate of drug-likeness (QED) is 0.756. The van der Waals surface area contributed by atoms with Gasteiger partial charge in [-0.1, -0.05) is 30.3 Å². The van der Waals surface area contributed by atoms with Crippen molar-refractivity contribution in [1.82, 2.24) is 15.3 Å². The zero-order valence-electron chi connectivity index (χ0n) is 13.0. The van der Waals surface area contributed by atoms with Gasteiger partial charge in [-0.25, -0.2) is 4.98 Å². The maximum Gasteiger partial charge on any atom is 0.252 e. The SMILES string of the molecule is CC(C)(C)NC(=O)c1ccccc1-c1nc2ccccc2[nH]1. The zero-order chi connectivity index (χ0) is 15.7. The largest absolute Gasteiger partial charge is 0.347 e. The molecule has 0 radical (unpaired) electrons. The fraction of sp³-hybridized carbons (Fsp3) is 0.222. The Balaban J connectivity index is 2.06. The number of aromatic nitrogens is 2. The molecule has 1 heterocycles. The van der Waals surface area contributed by atoms with Gasteiger partial charge in [0.2, 0.25) is 0 Å². The highest BCUT2D eigenvalue weighted by Crippen LogP contribution is 2.24. The molecule has 0 aliphatic carbocycles. The molecule has 3 rings (SSSR count). The molecule has 0 fully saturated rings. The van der Waals surface area contributed by atoms with Crippen LogP contribution < -0.4 is 5.32 Å². The number of benzene rings is 2. The number of nitrogens with one attached hydrogen (secondary N) is 2. The number of hydrogen-bond donors (Lipinski definition) is 2. The lowest BCUT2D eigenvalue weighted by molar-refractivity contribution is 0.0920. The van der Waals surface area contributed by atoms with Crippen LogP contribution in [-0.4, -0.2) is 21.4 Å². The van der Waals surface area contributed by atoms with Crippen LogP contribution >= 0.6 is 0 Å². The van der Waals surface area contributed by atoms with E-state index in [1.807, 2.05) is 69.3 Å². The average Bonchev–Trinajstić information content (AvgIpc) is 2.89. The predicted molar refractivity (Wildman–Crippen MR) is 88.7 cm³/mol. The van der Waals surface area contributed by atoms with Crippen LogP contribution in [0.25, 0.3) is 22.4 Å². The fourth-order valence-corrected chi connectivity index (χ4v) is 2.38. The minimum absolute atomic E-state index is 0.0939. The standard InChI is InChI=1S/C18H19N3O/c1-18(2,3)21-17(22)13-9-5-4-8-12(13)16-19-14-10-6-7-11-15(14)20-16/h4-11H,1-3H3,(H,19,20)(H,21,22). The fourth-order valence-electron chi connectivity index (χ4n) is 2.38. The number of fused-ring (bicyclic) bond motifs is 1. The van der Waals surface area contributed by atoms with Crippen LogP contribution in [0.4, 0.5) is 0 Å². The van der Waals surface area contributed by atoms with Crippen LogP contribution in [0, 0.1) is 0 Å². The number of amides is 1. The first-order chi connectivity index (χ1) is 10.4. The third-order valence-electron chi connectivity index (χ3n) is 3.30. The summed E-state index contributed by atoms with van der Waals surface area (Å²) in [5, 5.41) is 3.00. The third-order valence-corrected chi connectivity index (χ3v) is 3.30. The van der Waals surface area contributed by atoms with E-state index in [1.165, 1.54) is 0 Å². The number of H-pyrrole nitrogens is 1. The molecule has 4 nitrogen and oxygen atoms in total. The van der Waals surface area contributed by atoms with Crippen LogP contribution in [0.5, 0.6) is 0 Å². The highest BCUT2D eigenvalue weighted by molar-refractivity contribution is 6.01. The van der Waals surface area contributed by atoms with E-state index in [4.69, 9.17) is 0 Å². The van der Waals surface area contributed by atoms with E-state index in [0.717, 1.165) is 16.6 Å². The summed E-state index contributed by atoms with van der Waals surface area (Å²) in [6.07, 6.45) is 0. The monoisotopic (exact) mass is 293 g/mol. The van der Waals surface area contributed by atoms with Gasteiger partial charge in [-0.3, -0.25) is 4.79 Å². The second-order valence-corrected chi connectivity index (χ2v) is 6.35. The van der Waals surface area contributed by atoms with Crippen molar-refractivity contribution in [3.63, 3.8) is 0 Å². The van der Waals surface area contributed by atoms with Crippen molar-refractivity contribution in [1.29, 1.82) is 0 Å². The molecule has 0 unspecified atom stereocenters. The molecule has 1 amide bonds. The number of hydrogen-bond acceptors (Lipinski definition) is 2. The van der Waals surface area contributed by atoms with Crippen molar-refractivity contribution in [2.45, 2.75) is 26.3 Å². The molecular weight excluding hydrogens is 274 g/mol. The zero-order valence-corrected chi connectivity index (χ0v) is 13.0. The van der Waals surface area contributed by atoms with Crippen molar-refractivity contribution in [3.8, 4) is 11.4 Å². The Morgan fingerprint density at radius 1 is 1.05 bits per heavy atom. The molecule has 0 bridgehead atoms. The van der Waals surface area contributed by atoms with E-state index in [0.29, 0.717) is 11.4 Å². The van der Waals surface area contributed by atoms with Gasteiger partial charge in [0.15, 0.2) is 0 Å². The number of aromatic amines is 1. The van der Waals surface area contributed by atoms with Crippen molar-refractivity contribution in [2.24, 2.45) is 0 Å². The minimum atomic E-state index is -0.280. The second kappa shape index (κ2) is 5.30. The van der Waals surface area contributed by atoms with Crippen LogP contribution in [0.2, 0.25) is 0 Å². The van der Waals surface area contributed by atoms with Crippen molar-refractivity contribution in [2.75, 3.05) is 0 Å². The molecule has 4 heteroatoms. The summed E-state index contributed by atoms with van der Waals surface area (Å²) in [4.78, 5) is 20.4. The maximum absolute atomic E-state index is 12.5.